The van der Waals surface area contributed by atoms with Gasteiger partial charge in [-0.05, 0) is 74.5 Å². The minimum Gasteiger partial charge on any atom is -0.457 e. The van der Waals surface area contributed by atoms with E-state index in [1.54, 1.807) is 0 Å². The highest BCUT2D eigenvalue weighted by Crippen LogP contribution is 2.66. The maximum absolute atomic E-state index is 14.0. The quantitative estimate of drug-likeness (QED) is 0.429. The van der Waals surface area contributed by atoms with E-state index in [0.29, 0.717) is 38.0 Å². The summed E-state index contributed by atoms with van der Waals surface area (Å²) in [6.07, 6.45) is 7.19. The molecule has 4 aliphatic carbocycles. The molecule has 1 saturated heterocycles. The van der Waals surface area contributed by atoms with Gasteiger partial charge in [0.2, 0.25) is 0 Å². The summed E-state index contributed by atoms with van der Waals surface area (Å²) in [5.74, 6) is 0.386. The molecule has 42 heavy (non-hydrogen) atoms. The zero-order valence-corrected chi connectivity index (χ0v) is 26.4. The second kappa shape index (κ2) is 11.8. The number of esters is 2. The van der Waals surface area contributed by atoms with Crippen molar-refractivity contribution in [2.24, 2.45) is 52.3 Å². The van der Waals surface area contributed by atoms with Crippen LogP contribution in [0.2, 0.25) is 0 Å². The maximum atomic E-state index is 14.0. The Morgan fingerprint density at radius 2 is 1.69 bits per heavy atom. The average Bonchev–Trinajstić information content (AvgIpc) is 3.31. The predicted octanol–water partition coefficient (Wildman–Crippen LogP) is 3.83. The van der Waals surface area contributed by atoms with Crippen molar-refractivity contribution in [1.29, 1.82) is 0 Å². The molecule has 0 aromatic heterocycles. The van der Waals surface area contributed by atoms with Crippen LogP contribution in [0.5, 0.6) is 0 Å². The lowest BCUT2D eigenvalue weighted by Gasteiger charge is -2.58. The molecule has 4 saturated carbocycles. The van der Waals surface area contributed by atoms with Gasteiger partial charge in [0, 0.05) is 62.2 Å². The molecule has 8 heteroatoms. The summed E-state index contributed by atoms with van der Waals surface area (Å²) in [6, 6.07) is 0. The van der Waals surface area contributed by atoms with Gasteiger partial charge >= 0.3 is 11.9 Å². The third-order valence-corrected chi connectivity index (χ3v) is 12.9. The molecule has 8 nitrogen and oxygen atoms in total. The van der Waals surface area contributed by atoms with Gasteiger partial charge in [-0.25, -0.2) is 4.79 Å². The molecule has 2 N–H and O–H groups in total. The number of hydrogen-bond acceptors (Lipinski definition) is 7. The topological polar surface area (TPSA) is 120 Å². The first-order chi connectivity index (χ1) is 19.8. The Bertz CT molecular complexity index is 1110. The number of piperidine rings is 1. The number of ether oxygens (including phenoxy) is 2. The van der Waals surface area contributed by atoms with Gasteiger partial charge in [0.05, 0.1) is 13.1 Å². The number of carbonyl (C=O) groups excluding carboxylic acids is 5. The van der Waals surface area contributed by atoms with Crippen molar-refractivity contribution in [1.82, 2.24) is 0 Å². The van der Waals surface area contributed by atoms with Crippen LogP contribution in [-0.2, 0) is 33.4 Å². The number of nitrogens with two attached hydrogens (primary N) is 1. The molecule has 0 amide bonds. The lowest BCUT2D eigenvalue weighted by Crippen LogP contribution is -2.86. The first-order valence-corrected chi connectivity index (χ1v) is 16.5. The zero-order valence-electron chi connectivity index (χ0n) is 26.4. The monoisotopic (exact) mass is 586 g/mol. The van der Waals surface area contributed by atoms with Crippen LogP contribution in [0.3, 0.4) is 0 Å². The summed E-state index contributed by atoms with van der Waals surface area (Å²) in [6.45, 7) is 12.0. The highest BCUT2D eigenvalue weighted by Gasteiger charge is 2.66. The number of rotatable bonds is 8. The third kappa shape index (κ3) is 5.61. The molecule has 0 aromatic carbocycles. The molecule has 5 rings (SSSR count). The number of ketones is 3. The van der Waals surface area contributed by atoms with E-state index < -0.39 is 23.0 Å². The van der Waals surface area contributed by atoms with Gasteiger partial charge in [-0.1, -0.05) is 20.8 Å². The average molecular weight is 587 g/mol. The van der Waals surface area contributed by atoms with E-state index in [1.165, 1.54) is 0 Å². The van der Waals surface area contributed by atoms with E-state index in [4.69, 9.17) is 9.47 Å². The van der Waals surface area contributed by atoms with Crippen LogP contribution in [0.4, 0.5) is 0 Å². The summed E-state index contributed by atoms with van der Waals surface area (Å²) in [4.78, 5) is 64.9. The van der Waals surface area contributed by atoms with Crippen LogP contribution in [0.15, 0.2) is 0 Å². The van der Waals surface area contributed by atoms with E-state index in [-0.39, 0.29) is 71.3 Å². The van der Waals surface area contributed by atoms with E-state index in [0.717, 1.165) is 45.2 Å². The first-order valence-electron chi connectivity index (χ1n) is 16.5. The number of fused-ring (bicyclic) bond motifs is 5. The van der Waals surface area contributed by atoms with Gasteiger partial charge in [-0.3, -0.25) is 19.2 Å². The maximum Gasteiger partial charge on any atom is 0.344 e. The molecule has 1 heterocycles. The van der Waals surface area contributed by atoms with E-state index >= 15 is 0 Å². The molecular formula is C34H52NO7+. The summed E-state index contributed by atoms with van der Waals surface area (Å²) >= 11 is 0. The van der Waals surface area contributed by atoms with Crippen molar-refractivity contribution >= 4 is 29.3 Å². The number of hydrogen-bond donors (Lipinski definition) is 1. The van der Waals surface area contributed by atoms with Crippen molar-refractivity contribution in [3.8, 4) is 0 Å². The molecule has 1 aliphatic heterocycles. The van der Waals surface area contributed by atoms with E-state index in [1.807, 2.05) is 13.8 Å². The van der Waals surface area contributed by atoms with Gasteiger partial charge in [-0.2, -0.15) is 0 Å². The van der Waals surface area contributed by atoms with Crippen LogP contribution in [-0.4, -0.2) is 54.6 Å². The lowest BCUT2D eigenvalue weighted by molar-refractivity contribution is -0.665. The van der Waals surface area contributed by atoms with Gasteiger partial charge in [0.1, 0.15) is 23.0 Å². The van der Waals surface area contributed by atoms with Crippen LogP contribution in [0.1, 0.15) is 105 Å². The highest BCUT2D eigenvalue weighted by atomic mass is 16.6. The van der Waals surface area contributed by atoms with Gasteiger partial charge in [0.15, 0.2) is 6.61 Å². The Kier molecular flexibility index (Phi) is 8.79. The van der Waals surface area contributed by atoms with Gasteiger partial charge in [-0.15, -0.1) is 0 Å². The zero-order chi connectivity index (χ0) is 30.4. The lowest BCUT2D eigenvalue weighted by atomic mass is 9.44. The molecule has 234 valence electrons. The van der Waals surface area contributed by atoms with Crippen molar-refractivity contribution < 1.29 is 38.8 Å². The van der Waals surface area contributed by atoms with Crippen LogP contribution in [0.25, 0.3) is 0 Å². The summed E-state index contributed by atoms with van der Waals surface area (Å²) < 4.78 is 11.0. The molecule has 8 atom stereocenters. The minimum absolute atomic E-state index is 0.0336. The van der Waals surface area contributed by atoms with Gasteiger partial charge in [0.25, 0.3) is 0 Å². The fraction of sp³-hybridized carbons (Fsp3) is 0.853. The van der Waals surface area contributed by atoms with Gasteiger partial charge < -0.3 is 14.8 Å². The van der Waals surface area contributed by atoms with Crippen molar-refractivity contribution in [3.05, 3.63) is 0 Å². The van der Waals surface area contributed by atoms with Crippen molar-refractivity contribution in [2.45, 2.75) is 111 Å². The Morgan fingerprint density at radius 1 is 0.976 bits per heavy atom. The van der Waals surface area contributed by atoms with Crippen LogP contribution in [0, 0.1) is 52.3 Å². The predicted molar refractivity (Wildman–Crippen MR) is 155 cm³/mol. The van der Waals surface area contributed by atoms with E-state index in [9.17, 15) is 24.0 Å². The number of carbonyl (C=O) groups is 5. The van der Waals surface area contributed by atoms with E-state index in [2.05, 4.69) is 26.1 Å². The van der Waals surface area contributed by atoms with Crippen molar-refractivity contribution in [3.63, 3.8) is 0 Å². The summed E-state index contributed by atoms with van der Waals surface area (Å²) in [5, 5.41) is 2.27. The Hall–Kier alpha value is -2.09. The standard InChI is InChI=1S/C34H51NO7/c1-20(6-9-29(39)41-19-30(40)42-32(2,3)21-11-14-35-15-12-21)24-7-8-25-31-26(18-28(38)34(24,25)5)33(4)13-10-23(36)16-22(33)17-27(31)37/h20-22,24-26,31,35H,6-19H2,1-5H3/p+1/t20-,22+,24-,25+,26+,31+,33+,34-/m1/s1. The minimum atomic E-state index is -0.585. The normalized spacial score (nSPS) is 37.8. The second-order valence-electron chi connectivity index (χ2n) is 15.3. The summed E-state index contributed by atoms with van der Waals surface area (Å²) in [7, 11) is 0. The van der Waals surface area contributed by atoms with Crippen molar-refractivity contribution in [2.75, 3.05) is 19.7 Å². The third-order valence-electron chi connectivity index (χ3n) is 12.9. The first kappa shape index (κ1) is 31.3. The number of quaternary nitrogens is 1. The Morgan fingerprint density at radius 3 is 2.40 bits per heavy atom. The molecular weight excluding hydrogens is 534 g/mol. The molecule has 5 fully saturated rings. The molecule has 0 aromatic rings. The Labute approximate surface area is 250 Å². The largest absolute Gasteiger partial charge is 0.457 e. The Balaban J connectivity index is 1.15. The molecule has 5 aliphatic rings. The van der Waals surface area contributed by atoms with Crippen LogP contribution < -0.4 is 5.32 Å². The molecule has 0 unspecified atom stereocenters. The molecule has 0 radical (unpaired) electrons. The smallest absolute Gasteiger partial charge is 0.344 e. The number of Topliss-reactive ketones (excluding diaryl/α,β-unsaturated/α-hetero) is 3. The highest BCUT2D eigenvalue weighted by molar-refractivity contribution is 5.93. The second-order valence-corrected chi connectivity index (χ2v) is 15.3. The fourth-order valence-corrected chi connectivity index (χ4v) is 10.2. The molecule has 0 bridgehead atoms. The van der Waals surface area contributed by atoms with Crippen LogP contribution >= 0.6 is 0 Å². The molecule has 0 spiro atoms. The fourth-order valence-electron chi connectivity index (χ4n) is 10.2. The SMILES string of the molecule is C[C@H](CCC(=O)OCC(=O)OC(C)(C)C1CC[NH2+]CC1)[C@H]1CC[C@H]2[C@@H]3C(=O)C[C@@H]4CC(=O)CC[C@]4(C)[C@H]3CC(=O)[C@]12C. The summed E-state index contributed by atoms with van der Waals surface area (Å²) in [5.41, 5.74) is -1.28.